The zero-order valence-corrected chi connectivity index (χ0v) is 24.0. The second-order valence-electron chi connectivity index (χ2n) is 11.4. The van der Waals surface area contributed by atoms with Gasteiger partial charge in [-0.05, 0) is 72.7 Å². The summed E-state index contributed by atoms with van der Waals surface area (Å²) in [5.41, 5.74) is 8.06. The van der Waals surface area contributed by atoms with E-state index in [9.17, 15) is 0 Å². The molecule has 0 aliphatic heterocycles. The van der Waals surface area contributed by atoms with Gasteiger partial charge in [0.25, 0.3) is 0 Å². The summed E-state index contributed by atoms with van der Waals surface area (Å²) < 4.78 is 49.5. The lowest BCUT2D eigenvalue weighted by Gasteiger charge is -2.10. The standard InChI is InChI=1S/C42H27N3/c1-3-13-28(14-4-1)43-37-22-12-9-19-33(37)41-39(43)25-26-40-42(41)34-27-30(23-24-38(34)44(40)29-15-5-2-6-16-29)45-35-20-10-7-17-31(35)32-18-8-11-21-36(32)45/h1-27H/i1D,3D,4D,13D,14D. The van der Waals surface area contributed by atoms with Gasteiger partial charge < -0.3 is 13.7 Å². The lowest BCUT2D eigenvalue weighted by molar-refractivity contribution is 1.16. The summed E-state index contributed by atoms with van der Waals surface area (Å²) in [6.45, 7) is 0. The molecule has 0 saturated heterocycles. The van der Waals surface area contributed by atoms with Crippen molar-refractivity contribution in [3.8, 4) is 17.1 Å². The highest BCUT2D eigenvalue weighted by molar-refractivity contribution is 6.29. The Balaban J connectivity index is 1.40. The molecule has 3 aromatic heterocycles. The number of para-hydroxylation sites is 5. The fourth-order valence-electron chi connectivity index (χ4n) is 7.35. The van der Waals surface area contributed by atoms with Crippen LogP contribution in [0.4, 0.5) is 0 Å². The fraction of sp³-hybridized carbons (Fsp3) is 0. The fourth-order valence-corrected chi connectivity index (χ4v) is 7.35. The molecule has 0 bridgehead atoms. The Kier molecular flexibility index (Phi) is 4.10. The molecule has 3 heteroatoms. The summed E-state index contributed by atoms with van der Waals surface area (Å²) in [4.78, 5) is 0. The molecule has 0 saturated carbocycles. The molecule has 0 aliphatic carbocycles. The van der Waals surface area contributed by atoms with E-state index >= 15 is 0 Å². The molecule has 3 nitrogen and oxygen atoms in total. The first kappa shape index (κ1) is 20.0. The molecule has 3 heterocycles. The molecular weight excluding hydrogens is 546 g/mol. The number of benzene rings is 7. The van der Waals surface area contributed by atoms with E-state index in [0.717, 1.165) is 66.0 Å². The van der Waals surface area contributed by atoms with Gasteiger partial charge in [0.15, 0.2) is 0 Å². The SMILES string of the molecule is [2H]c1c([2H])c([2H])c(-n2c3ccccc3c3c4c5cc(-n6c7ccccc7c7ccccc76)ccc5n(-c5ccccc5)c4ccc32)c([2H])c1[2H]. The van der Waals surface area contributed by atoms with Crippen LogP contribution in [-0.4, -0.2) is 13.7 Å². The Bertz CT molecular complexity index is 2960. The number of hydrogen-bond acceptors (Lipinski definition) is 0. The molecule has 0 unspecified atom stereocenters. The monoisotopic (exact) mass is 578 g/mol. The minimum absolute atomic E-state index is 0.138. The van der Waals surface area contributed by atoms with Crippen LogP contribution in [0.25, 0.3) is 82.5 Å². The molecular formula is C42H27N3. The largest absolute Gasteiger partial charge is 0.309 e. The molecule has 0 radical (unpaired) electrons. The topological polar surface area (TPSA) is 14.8 Å². The summed E-state index contributed by atoms with van der Waals surface area (Å²) in [6, 6.07) is 44.4. The van der Waals surface area contributed by atoms with Gasteiger partial charge in [-0.15, -0.1) is 0 Å². The van der Waals surface area contributed by atoms with E-state index in [1.807, 2.05) is 47.0 Å². The Hall–Kier alpha value is -6.06. The van der Waals surface area contributed by atoms with Crippen LogP contribution in [0.2, 0.25) is 0 Å². The average Bonchev–Trinajstić information content (AvgIpc) is 3.79. The van der Waals surface area contributed by atoms with Crippen molar-refractivity contribution in [1.29, 1.82) is 0 Å². The van der Waals surface area contributed by atoms with E-state index in [-0.39, 0.29) is 29.9 Å². The number of fused-ring (bicyclic) bond motifs is 10. The summed E-state index contributed by atoms with van der Waals surface area (Å²) >= 11 is 0. The maximum absolute atomic E-state index is 8.91. The summed E-state index contributed by atoms with van der Waals surface area (Å²) in [7, 11) is 0. The molecule has 7 aromatic carbocycles. The minimum atomic E-state index is -0.407. The van der Waals surface area contributed by atoms with Gasteiger partial charge in [-0.2, -0.15) is 0 Å². The second kappa shape index (κ2) is 9.22. The van der Waals surface area contributed by atoms with Gasteiger partial charge in [0.1, 0.15) is 0 Å². The molecule has 0 N–H and O–H groups in total. The Morgan fingerprint density at radius 2 is 0.800 bits per heavy atom. The quantitative estimate of drug-likeness (QED) is 0.198. The number of hydrogen-bond donors (Lipinski definition) is 0. The number of rotatable bonds is 3. The third kappa shape index (κ3) is 3.35. The first-order chi connectivity index (χ1) is 24.4. The molecule has 10 aromatic rings. The maximum atomic E-state index is 8.91. The van der Waals surface area contributed by atoms with Crippen LogP contribution in [0.3, 0.4) is 0 Å². The van der Waals surface area contributed by atoms with Crippen LogP contribution in [0.15, 0.2) is 164 Å². The number of aromatic nitrogens is 3. The van der Waals surface area contributed by atoms with Crippen LogP contribution in [0.1, 0.15) is 6.85 Å². The second-order valence-corrected chi connectivity index (χ2v) is 11.4. The average molecular weight is 579 g/mol. The lowest BCUT2D eigenvalue weighted by Crippen LogP contribution is -1.95. The van der Waals surface area contributed by atoms with Crippen molar-refractivity contribution in [1.82, 2.24) is 13.7 Å². The van der Waals surface area contributed by atoms with Gasteiger partial charge in [-0.1, -0.05) is 90.9 Å². The molecule has 210 valence electrons. The highest BCUT2D eigenvalue weighted by Crippen LogP contribution is 2.43. The molecule has 45 heavy (non-hydrogen) atoms. The Morgan fingerprint density at radius 1 is 0.333 bits per heavy atom. The molecule has 0 spiro atoms. The molecule has 0 aliphatic rings. The maximum Gasteiger partial charge on any atom is 0.0645 e. The molecule has 0 amide bonds. The summed E-state index contributed by atoms with van der Waals surface area (Å²) in [5, 5.41) is 6.38. The van der Waals surface area contributed by atoms with Crippen molar-refractivity contribution in [2.75, 3.05) is 0 Å². The Labute approximate surface area is 266 Å². The molecule has 0 atom stereocenters. The van der Waals surface area contributed by atoms with Crippen LogP contribution in [0, 0.1) is 0 Å². The van der Waals surface area contributed by atoms with E-state index in [1.165, 1.54) is 10.8 Å². The van der Waals surface area contributed by atoms with Crippen LogP contribution < -0.4 is 0 Å². The zero-order chi connectivity index (χ0) is 33.8. The minimum Gasteiger partial charge on any atom is -0.309 e. The first-order valence-corrected chi connectivity index (χ1v) is 15.1. The van der Waals surface area contributed by atoms with Crippen molar-refractivity contribution in [3.63, 3.8) is 0 Å². The van der Waals surface area contributed by atoms with Crippen LogP contribution >= 0.6 is 0 Å². The van der Waals surface area contributed by atoms with Gasteiger partial charge in [0, 0.05) is 49.4 Å². The van der Waals surface area contributed by atoms with E-state index in [0.29, 0.717) is 0 Å². The van der Waals surface area contributed by atoms with Crippen molar-refractivity contribution < 1.29 is 6.85 Å². The zero-order valence-electron chi connectivity index (χ0n) is 29.0. The smallest absolute Gasteiger partial charge is 0.0645 e. The van der Waals surface area contributed by atoms with Crippen molar-refractivity contribution >= 4 is 65.4 Å². The van der Waals surface area contributed by atoms with Crippen molar-refractivity contribution in [2.45, 2.75) is 0 Å². The normalized spacial score (nSPS) is 13.6. The van der Waals surface area contributed by atoms with E-state index in [1.54, 1.807) is 0 Å². The van der Waals surface area contributed by atoms with Crippen LogP contribution in [0.5, 0.6) is 0 Å². The third-order valence-electron chi connectivity index (χ3n) is 9.11. The van der Waals surface area contributed by atoms with Gasteiger partial charge in [0.2, 0.25) is 0 Å². The first-order valence-electron chi connectivity index (χ1n) is 17.6. The van der Waals surface area contributed by atoms with Gasteiger partial charge >= 0.3 is 0 Å². The predicted molar refractivity (Wildman–Crippen MR) is 189 cm³/mol. The van der Waals surface area contributed by atoms with Crippen molar-refractivity contribution in [3.05, 3.63) is 164 Å². The van der Waals surface area contributed by atoms with E-state index < -0.39 is 6.04 Å². The van der Waals surface area contributed by atoms with E-state index in [4.69, 9.17) is 6.85 Å². The van der Waals surface area contributed by atoms with Gasteiger partial charge in [-0.25, -0.2) is 0 Å². The highest BCUT2D eigenvalue weighted by atomic mass is 15.0. The lowest BCUT2D eigenvalue weighted by atomic mass is 10.0. The number of nitrogens with zero attached hydrogens (tertiary/aromatic N) is 3. The molecule has 0 fully saturated rings. The highest BCUT2D eigenvalue weighted by Gasteiger charge is 2.21. The van der Waals surface area contributed by atoms with Gasteiger partial charge in [-0.3, -0.25) is 0 Å². The Morgan fingerprint density at radius 3 is 1.47 bits per heavy atom. The molecule has 10 rings (SSSR count). The van der Waals surface area contributed by atoms with E-state index in [2.05, 4.69) is 100 Å². The van der Waals surface area contributed by atoms with Crippen LogP contribution in [-0.2, 0) is 0 Å². The summed E-state index contributed by atoms with van der Waals surface area (Å²) in [6.07, 6.45) is 0. The van der Waals surface area contributed by atoms with Crippen molar-refractivity contribution in [2.24, 2.45) is 0 Å². The van der Waals surface area contributed by atoms with Gasteiger partial charge in [0.05, 0.1) is 40.0 Å². The summed E-state index contributed by atoms with van der Waals surface area (Å²) in [5.74, 6) is 0. The third-order valence-corrected chi connectivity index (χ3v) is 9.11. The predicted octanol–water partition coefficient (Wildman–Crippen LogP) is 11.0.